The molecule has 2 heterocycles. The molecule has 2 aliphatic heterocycles. The topological polar surface area (TPSA) is 48.0 Å². The van der Waals surface area contributed by atoms with Crippen molar-refractivity contribution in [2.45, 2.75) is 37.7 Å². The van der Waals surface area contributed by atoms with Gasteiger partial charge in [0.25, 0.3) is 0 Å². The number of nitrogens with zero attached hydrogens (tertiary/aromatic N) is 2. The van der Waals surface area contributed by atoms with E-state index in [0.29, 0.717) is 24.8 Å². The van der Waals surface area contributed by atoms with Crippen LogP contribution in [0.1, 0.15) is 32.1 Å². The summed E-state index contributed by atoms with van der Waals surface area (Å²) in [5.41, 5.74) is 1.11. The summed E-state index contributed by atoms with van der Waals surface area (Å²) in [7, 11) is 0. The molecule has 0 aromatic heterocycles. The van der Waals surface area contributed by atoms with Crippen LogP contribution >= 0.6 is 0 Å². The number of halogens is 1. The first-order chi connectivity index (χ1) is 14.1. The third kappa shape index (κ3) is 4.25. The van der Waals surface area contributed by atoms with Crippen molar-refractivity contribution in [2.24, 2.45) is 17.8 Å². The normalized spacial score (nSPS) is 31.5. The van der Waals surface area contributed by atoms with Crippen LogP contribution in [0.2, 0.25) is 0 Å². The lowest BCUT2D eigenvalue weighted by atomic mass is 9.84. The lowest BCUT2D eigenvalue weighted by molar-refractivity contribution is -0.0243. The van der Waals surface area contributed by atoms with Crippen molar-refractivity contribution in [1.29, 1.82) is 0 Å². The Morgan fingerprint density at radius 2 is 1.83 bits per heavy atom. The maximum atomic E-state index is 14.6. The summed E-state index contributed by atoms with van der Waals surface area (Å²) in [5, 5.41) is 14.3. The zero-order valence-electron chi connectivity index (χ0n) is 17.3. The molecule has 2 aliphatic carbocycles. The fourth-order valence-electron chi connectivity index (χ4n) is 5.87. The van der Waals surface area contributed by atoms with Gasteiger partial charge in [0, 0.05) is 45.0 Å². The number of β-amino-alcohol motifs (C(OH)–C–C–N with tert-alkyl or cyclic N) is 1. The van der Waals surface area contributed by atoms with E-state index >= 15 is 0 Å². The standard InChI is InChI=1S/C23H34FN3O2/c24-21-12-17(4-5-22(21)27-8-10-29-11-9-27)25-13-18-19-14-26(15-20(18)19)16-23(28)6-2-1-3-7-23/h4-5,12,18-20,25,28H,1-3,6-11,13-16H2. The van der Waals surface area contributed by atoms with Crippen molar-refractivity contribution in [3.63, 3.8) is 0 Å². The summed E-state index contributed by atoms with van der Waals surface area (Å²) in [6.45, 7) is 6.84. The molecule has 4 aliphatic rings. The first-order valence-electron chi connectivity index (χ1n) is 11.4. The molecule has 160 valence electrons. The van der Waals surface area contributed by atoms with Crippen molar-refractivity contribution < 1.29 is 14.2 Å². The number of nitrogens with one attached hydrogen (secondary N) is 1. The van der Waals surface area contributed by atoms with Gasteiger partial charge >= 0.3 is 0 Å². The van der Waals surface area contributed by atoms with Gasteiger partial charge in [-0.2, -0.15) is 0 Å². The van der Waals surface area contributed by atoms with Gasteiger partial charge in [-0.25, -0.2) is 4.39 Å². The number of likely N-dealkylation sites (tertiary alicyclic amines) is 1. The number of ether oxygens (including phenoxy) is 1. The highest BCUT2D eigenvalue weighted by Gasteiger charge is 2.55. The van der Waals surface area contributed by atoms with E-state index in [4.69, 9.17) is 4.74 Å². The number of anilines is 2. The molecule has 0 amide bonds. The van der Waals surface area contributed by atoms with Gasteiger partial charge in [0.05, 0.1) is 24.5 Å². The van der Waals surface area contributed by atoms with Crippen LogP contribution in [0.15, 0.2) is 18.2 Å². The molecule has 2 atom stereocenters. The van der Waals surface area contributed by atoms with E-state index in [9.17, 15) is 9.50 Å². The van der Waals surface area contributed by atoms with Crippen LogP contribution in [0.3, 0.4) is 0 Å². The lowest BCUT2D eigenvalue weighted by Crippen LogP contribution is -2.44. The molecular weight excluding hydrogens is 369 g/mol. The maximum Gasteiger partial charge on any atom is 0.148 e. The molecule has 6 heteroatoms. The second kappa shape index (κ2) is 8.05. The zero-order valence-corrected chi connectivity index (χ0v) is 17.3. The van der Waals surface area contributed by atoms with Crippen molar-refractivity contribution in [3.8, 4) is 0 Å². The summed E-state index contributed by atoms with van der Waals surface area (Å²) < 4.78 is 19.9. The quantitative estimate of drug-likeness (QED) is 0.765. The summed E-state index contributed by atoms with van der Waals surface area (Å²) in [4.78, 5) is 4.54. The summed E-state index contributed by atoms with van der Waals surface area (Å²) >= 11 is 0. The van der Waals surface area contributed by atoms with Crippen LogP contribution in [0.4, 0.5) is 15.8 Å². The van der Waals surface area contributed by atoms with Crippen molar-refractivity contribution >= 4 is 11.4 Å². The van der Waals surface area contributed by atoms with E-state index in [2.05, 4.69) is 15.1 Å². The average Bonchev–Trinajstić information content (AvgIpc) is 3.18. The summed E-state index contributed by atoms with van der Waals surface area (Å²) in [5.74, 6) is 2.02. The summed E-state index contributed by atoms with van der Waals surface area (Å²) in [6.07, 6.45) is 5.55. The second-order valence-electron chi connectivity index (χ2n) is 9.62. The molecule has 29 heavy (non-hydrogen) atoms. The third-order valence-electron chi connectivity index (χ3n) is 7.59. The SMILES string of the molecule is OC1(CN2CC3C(CNc4ccc(N5CCOCC5)c(F)c4)C3C2)CCCCC1. The van der Waals surface area contributed by atoms with Crippen LogP contribution < -0.4 is 10.2 Å². The zero-order chi connectivity index (χ0) is 19.8. The summed E-state index contributed by atoms with van der Waals surface area (Å²) in [6, 6.07) is 5.52. The molecule has 5 nitrogen and oxygen atoms in total. The van der Waals surface area contributed by atoms with E-state index < -0.39 is 5.60 Å². The van der Waals surface area contributed by atoms with Crippen LogP contribution in [-0.2, 0) is 4.74 Å². The Labute approximate surface area is 173 Å². The first-order valence-corrected chi connectivity index (χ1v) is 11.4. The number of aliphatic hydroxyl groups is 1. The largest absolute Gasteiger partial charge is 0.389 e. The van der Waals surface area contributed by atoms with Gasteiger partial charge in [0.2, 0.25) is 0 Å². The molecule has 2 saturated heterocycles. The first kappa shape index (κ1) is 19.6. The molecule has 2 N–H and O–H groups in total. The molecule has 1 aromatic rings. The number of benzene rings is 1. The number of hydrogen-bond acceptors (Lipinski definition) is 5. The molecule has 4 fully saturated rings. The van der Waals surface area contributed by atoms with Gasteiger partial charge in [-0.1, -0.05) is 19.3 Å². The van der Waals surface area contributed by atoms with Gasteiger partial charge in [0.15, 0.2) is 0 Å². The van der Waals surface area contributed by atoms with Crippen LogP contribution in [0.5, 0.6) is 0 Å². The molecule has 0 bridgehead atoms. The Kier molecular flexibility index (Phi) is 5.43. The second-order valence-corrected chi connectivity index (χ2v) is 9.62. The van der Waals surface area contributed by atoms with Gasteiger partial charge in [-0.3, -0.25) is 4.90 Å². The van der Waals surface area contributed by atoms with Crippen molar-refractivity contribution in [1.82, 2.24) is 4.90 Å². The molecule has 0 spiro atoms. The minimum atomic E-state index is -0.442. The highest BCUT2D eigenvalue weighted by Crippen LogP contribution is 2.52. The average molecular weight is 404 g/mol. The Hall–Kier alpha value is -1.37. The number of hydrogen-bond donors (Lipinski definition) is 2. The Morgan fingerprint density at radius 3 is 2.52 bits per heavy atom. The van der Waals surface area contributed by atoms with Crippen LogP contribution in [0, 0.1) is 23.6 Å². The molecule has 5 rings (SSSR count). The van der Waals surface area contributed by atoms with Gasteiger partial charge in [-0.15, -0.1) is 0 Å². The molecule has 1 aromatic carbocycles. The molecule has 2 unspecified atom stereocenters. The molecular formula is C23H34FN3O2. The molecule has 0 radical (unpaired) electrons. The predicted octanol–water partition coefficient (Wildman–Crippen LogP) is 2.95. The van der Waals surface area contributed by atoms with Gasteiger partial charge in [0.1, 0.15) is 5.82 Å². The monoisotopic (exact) mass is 403 g/mol. The lowest BCUT2D eigenvalue weighted by Gasteiger charge is -2.36. The van der Waals surface area contributed by atoms with E-state index in [1.807, 2.05) is 12.1 Å². The van der Waals surface area contributed by atoms with E-state index in [0.717, 1.165) is 69.6 Å². The highest BCUT2D eigenvalue weighted by molar-refractivity contribution is 5.56. The highest BCUT2D eigenvalue weighted by atomic mass is 19.1. The fraction of sp³-hybridized carbons (Fsp3) is 0.739. The van der Waals surface area contributed by atoms with Crippen molar-refractivity contribution in [2.75, 3.05) is 62.7 Å². The van der Waals surface area contributed by atoms with Crippen molar-refractivity contribution in [3.05, 3.63) is 24.0 Å². The third-order valence-corrected chi connectivity index (χ3v) is 7.59. The maximum absolute atomic E-state index is 14.6. The number of morpholine rings is 1. The van der Waals surface area contributed by atoms with Crippen LogP contribution in [0.25, 0.3) is 0 Å². The van der Waals surface area contributed by atoms with Gasteiger partial charge in [-0.05, 0) is 48.8 Å². The minimum Gasteiger partial charge on any atom is -0.389 e. The Balaban J connectivity index is 1.08. The Bertz CT molecular complexity index is 706. The number of rotatable bonds is 6. The smallest absolute Gasteiger partial charge is 0.148 e. The fourth-order valence-corrected chi connectivity index (χ4v) is 5.87. The minimum absolute atomic E-state index is 0.153. The number of fused-ring (bicyclic) bond motifs is 1. The molecule has 2 saturated carbocycles. The van der Waals surface area contributed by atoms with E-state index in [-0.39, 0.29) is 5.82 Å². The Morgan fingerprint density at radius 1 is 1.10 bits per heavy atom. The van der Waals surface area contributed by atoms with Crippen LogP contribution in [-0.4, -0.2) is 68.1 Å². The predicted molar refractivity (Wildman–Crippen MR) is 113 cm³/mol. The van der Waals surface area contributed by atoms with E-state index in [1.54, 1.807) is 6.07 Å². The van der Waals surface area contributed by atoms with E-state index in [1.165, 1.54) is 19.3 Å². The van der Waals surface area contributed by atoms with Gasteiger partial charge < -0.3 is 20.1 Å². The number of piperidine rings is 1.